The summed E-state index contributed by atoms with van der Waals surface area (Å²) in [7, 11) is 10.6. The van der Waals surface area contributed by atoms with Crippen molar-refractivity contribution in [2.24, 2.45) is 48.0 Å². The van der Waals surface area contributed by atoms with Crippen molar-refractivity contribution in [2.45, 2.75) is 62.3 Å². The van der Waals surface area contributed by atoms with Crippen LogP contribution in [0.15, 0.2) is 166 Å². The lowest BCUT2D eigenvalue weighted by Gasteiger charge is -2.37. The van der Waals surface area contributed by atoms with Gasteiger partial charge in [-0.1, -0.05) is 54.6 Å². The molecule has 1 unspecified atom stereocenters. The van der Waals surface area contributed by atoms with E-state index in [0.29, 0.717) is 59.2 Å². The summed E-state index contributed by atoms with van der Waals surface area (Å²) in [5.41, 5.74) is 19.6. The van der Waals surface area contributed by atoms with Crippen LogP contribution >= 0.6 is 0 Å². The number of anilines is 3. The fourth-order valence-corrected chi connectivity index (χ4v) is 12.9. The second-order valence-corrected chi connectivity index (χ2v) is 27.7. The number of aliphatic hydroxyl groups is 1. The number of aryl methyl sites for hydroxylation is 6. The van der Waals surface area contributed by atoms with Gasteiger partial charge in [0, 0.05) is 218 Å². The number of halogens is 2. The van der Waals surface area contributed by atoms with Crippen molar-refractivity contribution >= 4 is 27.2 Å². The maximum Gasteiger partial charge on any atom is 0.266 e. The highest BCUT2D eigenvalue weighted by atomic mass is 32.2. The highest BCUT2D eigenvalue weighted by Gasteiger charge is 2.40. The average Bonchev–Trinajstić information content (AvgIpc) is 1.49. The maximum absolute atomic E-state index is 14.4. The van der Waals surface area contributed by atoms with E-state index in [1.165, 1.54) is 6.26 Å². The Labute approximate surface area is 572 Å². The standard InChI is InChI=1S/C25H30N8O.C23H24F2N8.C22H26N8OS/c1-26-21-8-5-9-22(23(21)34)30-25-20(19-12-29-33(3)15-19)13-27-24(31-25)17-7-4-6-16(10-17)18-11-28-32(2)14-18;1-31-11-17(8-28-31)15-4-3-5-16(6-15)21-27-10-20(18-9-29-32(2)12-18)22(30-21)33-13-19(26)7-23(24,25)14-33;1-29-14-18(11-26-29)16-6-4-7-17(10-16)21-25-13-20(19-12-27-30(2)15-19)22(28-21)24-8-5-9-32(3,23)31/h4,6-7,10-15,21-23,26,34H,5,8-9H2,1-3H3,(H,27,30,31);3-6,8-12,19H,7,13-14,26H2,1-2H3;4,6-7,10-15,23H,5,8-9H2,1-3H3,(H,24,25,28)/t21-,22-,23+;19-;/m01./s1. The van der Waals surface area contributed by atoms with Gasteiger partial charge in [-0.3, -0.25) is 37.1 Å². The summed E-state index contributed by atoms with van der Waals surface area (Å²) >= 11 is 0. The van der Waals surface area contributed by atoms with Crippen LogP contribution in [0.3, 0.4) is 0 Å². The largest absolute Gasteiger partial charge is 0.389 e. The van der Waals surface area contributed by atoms with E-state index >= 15 is 0 Å². The molecule has 1 aliphatic heterocycles. The van der Waals surface area contributed by atoms with Crippen molar-refractivity contribution in [3.63, 3.8) is 0 Å². The first-order valence-corrected chi connectivity index (χ1v) is 34.5. The molecule has 14 rings (SSSR count). The highest BCUT2D eigenvalue weighted by Crippen LogP contribution is 2.38. The number of hydrogen-bond acceptors (Lipinski definition) is 20. The quantitative estimate of drug-likeness (QED) is 0.0436. The smallest absolute Gasteiger partial charge is 0.266 e. The topological polar surface area (TPSA) is 311 Å². The minimum absolute atomic E-state index is 0.0607. The van der Waals surface area contributed by atoms with Crippen molar-refractivity contribution in [1.82, 2.24) is 93.9 Å². The van der Waals surface area contributed by atoms with Gasteiger partial charge in [-0.15, -0.1) is 0 Å². The summed E-state index contributed by atoms with van der Waals surface area (Å²) < 4.78 is 58.5. The number of alkyl halides is 2. The Balaban J connectivity index is 0.000000141. The fourth-order valence-electron chi connectivity index (χ4n) is 12.3. The molecule has 9 aromatic heterocycles. The zero-order chi connectivity index (χ0) is 69.5. The molecular weight excluding hydrogens is 1280 g/mol. The molecule has 0 bridgehead atoms. The van der Waals surface area contributed by atoms with Crippen LogP contribution in [0.2, 0.25) is 0 Å². The van der Waals surface area contributed by atoms with Gasteiger partial charge >= 0.3 is 0 Å². The van der Waals surface area contributed by atoms with Crippen molar-refractivity contribution in [3.05, 3.63) is 166 Å². The Kier molecular flexibility index (Phi) is 20.3. The number of nitrogens with two attached hydrogens (primary N) is 1. The summed E-state index contributed by atoms with van der Waals surface area (Å²) in [6, 6.07) is 23.3. The van der Waals surface area contributed by atoms with Crippen molar-refractivity contribution < 1.29 is 18.1 Å². The third-order valence-electron chi connectivity index (χ3n) is 17.2. The number of aromatic nitrogens is 18. The van der Waals surface area contributed by atoms with Crippen LogP contribution in [0.1, 0.15) is 32.1 Å². The van der Waals surface area contributed by atoms with Crippen molar-refractivity contribution in [3.8, 4) is 101 Å². The number of nitrogens with one attached hydrogen (secondary N) is 4. The van der Waals surface area contributed by atoms with Crippen LogP contribution in [0.5, 0.6) is 0 Å². The van der Waals surface area contributed by atoms with Crippen LogP contribution in [0.25, 0.3) is 101 Å². The first kappa shape index (κ1) is 68.2. The second-order valence-electron chi connectivity index (χ2n) is 25.3. The molecule has 29 heteroatoms. The Morgan fingerprint density at radius 2 is 0.949 bits per heavy atom. The van der Waals surface area contributed by atoms with E-state index in [9.17, 15) is 18.1 Å². The van der Waals surface area contributed by atoms with E-state index < -0.39 is 34.3 Å². The second kappa shape index (κ2) is 29.5. The molecule has 3 aromatic carbocycles. The Hall–Kier alpha value is -10.8. The maximum atomic E-state index is 14.4. The molecule has 26 nitrogen and oxygen atoms in total. The van der Waals surface area contributed by atoms with Gasteiger partial charge in [0.25, 0.3) is 5.92 Å². The molecule has 2 fully saturated rings. The predicted octanol–water partition coefficient (Wildman–Crippen LogP) is 9.40. The van der Waals surface area contributed by atoms with Crippen LogP contribution in [0.4, 0.5) is 26.2 Å². The van der Waals surface area contributed by atoms with E-state index in [-0.39, 0.29) is 25.0 Å². The Morgan fingerprint density at radius 3 is 1.37 bits per heavy atom. The fraction of sp³-hybridized carbons (Fsp3) is 0.314. The van der Waals surface area contributed by atoms with Gasteiger partial charge in [0.15, 0.2) is 17.5 Å². The number of rotatable bonds is 18. The normalized spacial score (nSPS) is 17.2. The third-order valence-corrected chi connectivity index (χ3v) is 18.2. The number of likely N-dealkylation sites (N-methyl/N-ethyl adjacent to an activating group) is 1. The third kappa shape index (κ3) is 16.8. The molecule has 12 aromatic rings. The number of benzene rings is 3. The minimum Gasteiger partial charge on any atom is -0.389 e. The van der Waals surface area contributed by atoms with Crippen molar-refractivity contribution in [2.75, 3.05) is 54.2 Å². The zero-order valence-corrected chi connectivity index (χ0v) is 57.2. The molecule has 1 saturated heterocycles. The van der Waals surface area contributed by atoms with Crippen molar-refractivity contribution in [1.29, 1.82) is 4.78 Å². The number of aliphatic hydroxyl groups excluding tert-OH is 1. The minimum atomic E-state index is -2.89. The molecule has 1 aliphatic carbocycles. The molecule has 0 radical (unpaired) electrons. The Bertz CT molecular complexity index is 4880. The van der Waals surface area contributed by atoms with Crippen LogP contribution in [-0.4, -0.2) is 167 Å². The summed E-state index contributed by atoms with van der Waals surface area (Å²) in [4.78, 5) is 29.9. The van der Waals surface area contributed by atoms with E-state index in [1.807, 2.05) is 159 Å². The molecule has 7 N–H and O–H groups in total. The Morgan fingerprint density at radius 1 is 0.556 bits per heavy atom. The lowest BCUT2D eigenvalue weighted by Crippen LogP contribution is -2.53. The first-order valence-electron chi connectivity index (χ1n) is 32.4. The van der Waals surface area contributed by atoms with E-state index in [0.717, 1.165) is 97.2 Å². The lowest BCUT2D eigenvalue weighted by atomic mass is 9.88. The number of piperidine rings is 1. The molecule has 512 valence electrons. The van der Waals surface area contributed by atoms with Crippen LogP contribution < -0.4 is 26.6 Å². The molecule has 5 atom stereocenters. The number of nitrogens with zero attached hydrogens (tertiary/aromatic N) is 19. The van der Waals surface area contributed by atoms with Gasteiger partial charge in [0.05, 0.1) is 55.9 Å². The SMILES string of the molecule is CN[C@H]1CCC[C@H](Nc2nc(-c3cccc(-c4cnn(C)c4)c3)ncc2-c2cnn(C)c2)[C@@H]1O.Cn1cc(-c2cccc(-c3ncc(-c4cnn(C)c4)c(N4C[C@H](N)CC(F)(F)C4)n3)c2)cn1.Cn1cc(-c2cccc(-c3ncc(-c4cnn(C)c4)c(NCCCS(C)(=N)=O)n3)c2)cn1. The van der Waals surface area contributed by atoms with Gasteiger partial charge < -0.3 is 31.7 Å². The van der Waals surface area contributed by atoms with Gasteiger partial charge in [-0.05, 0) is 67.6 Å². The van der Waals surface area contributed by atoms with Gasteiger partial charge in [-0.25, -0.2) is 38.7 Å². The first-order chi connectivity index (χ1) is 47.6. The van der Waals surface area contributed by atoms with Crippen LogP contribution in [0, 0.1) is 4.78 Å². The summed E-state index contributed by atoms with van der Waals surface area (Å²) in [6.45, 7) is 0.401. The summed E-state index contributed by atoms with van der Waals surface area (Å²) in [5.74, 6) is 0.929. The molecule has 0 amide bonds. The van der Waals surface area contributed by atoms with E-state index in [1.54, 1.807) is 77.2 Å². The monoisotopic (exact) mass is 1360 g/mol. The predicted molar refractivity (Wildman–Crippen MR) is 380 cm³/mol. The summed E-state index contributed by atoms with van der Waals surface area (Å²) in [6.07, 6.45) is 31.7. The lowest BCUT2D eigenvalue weighted by molar-refractivity contribution is -0.0173. The van der Waals surface area contributed by atoms with Gasteiger partial charge in [-0.2, -0.15) is 30.6 Å². The van der Waals surface area contributed by atoms with Gasteiger partial charge in [0.2, 0.25) is 0 Å². The molecule has 10 heterocycles. The van der Waals surface area contributed by atoms with Crippen LogP contribution in [-0.2, 0) is 52.0 Å². The highest BCUT2D eigenvalue weighted by molar-refractivity contribution is 7.91. The molecular formula is C70H80F2N24O2S. The molecule has 0 spiro atoms. The molecule has 1 saturated carbocycles. The van der Waals surface area contributed by atoms with Gasteiger partial charge in [0.1, 0.15) is 17.5 Å². The number of hydrogen-bond donors (Lipinski definition) is 6. The molecule has 99 heavy (non-hydrogen) atoms. The average molecular weight is 1360 g/mol. The van der Waals surface area contributed by atoms with E-state index in [2.05, 4.69) is 68.6 Å². The molecule has 2 aliphatic rings. The van der Waals surface area contributed by atoms with E-state index in [4.69, 9.17) is 30.4 Å². The summed E-state index contributed by atoms with van der Waals surface area (Å²) in [5, 5.41) is 46.6. The zero-order valence-electron chi connectivity index (χ0n) is 56.4.